The van der Waals surface area contributed by atoms with Gasteiger partial charge in [-0.05, 0) is 12.1 Å². The standard InChI is InChI=1S/C17H19F4N5O4S/c18-13-9-11(14-24-25-15(30-14)17(19,20)21)1-2-12(13)10-23-16(27)22-3-4-26-5-7-31(28,29)8-6-26/h1-2,9H,3-8,10H2,(H2,22,23,27). The van der Waals surface area contributed by atoms with Crippen molar-refractivity contribution < 1.29 is 35.2 Å². The number of hydrogen-bond donors (Lipinski definition) is 2. The Kier molecular flexibility index (Phi) is 6.79. The Labute approximate surface area is 174 Å². The molecule has 170 valence electrons. The van der Waals surface area contributed by atoms with E-state index in [-0.39, 0.29) is 35.7 Å². The number of amides is 2. The molecule has 1 aromatic heterocycles. The van der Waals surface area contributed by atoms with E-state index in [0.29, 0.717) is 19.6 Å². The van der Waals surface area contributed by atoms with Crippen molar-refractivity contribution in [2.75, 3.05) is 37.7 Å². The number of alkyl halides is 3. The molecule has 0 bridgehead atoms. The molecule has 31 heavy (non-hydrogen) atoms. The second kappa shape index (κ2) is 9.18. The van der Waals surface area contributed by atoms with E-state index < -0.39 is 39.6 Å². The Hall–Kier alpha value is -2.74. The molecule has 1 saturated heterocycles. The van der Waals surface area contributed by atoms with E-state index in [9.17, 15) is 30.8 Å². The lowest BCUT2D eigenvalue weighted by molar-refractivity contribution is -0.156. The predicted octanol–water partition coefficient (Wildman–Crippen LogP) is 1.42. The van der Waals surface area contributed by atoms with Gasteiger partial charge in [0.1, 0.15) is 5.82 Å². The minimum Gasteiger partial charge on any atom is -0.413 e. The first-order valence-electron chi connectivity index (χ1n) is 9.17. The van der Waals surface area contributed by atoms with Crippen LogP contribution in [-0.4, -0.2) is 67.2 Å². The molecule has 1 aliphatic rings. The highest BCUT2D eigenvalue weighted by Crippen LogP contribution is 2.30. The van der Waals surface area contributed by atoms with Crippen molar-refractivity contribution in [3.05, 3.63) is 35.5 Å². The van der Waals surface area contributed by atoms with E-state index >= 15 is 0 Å². The van der Waals surface area contributed by atoms with Crippen LogP contribution in [0.5, 0.6) is 0 Å². The zero-order valence-corrected chi connectivity index (χ0v) is 16.9. The number of benzene rings is 1. The van der Waals surface area contributed by atoms with Crippen molar-refractivity contribution in [1.82, 2.24) is 25.7 Å². The Bertz CT molecular complexity index is 1030. The van der Waals surface area contributed by atoms with Crippen LogP contribution < -0.4 is 10.6 Å². The zero-order chi connectivity index (χ0) is 22.6. The molecule has 0 aliphatic carbocycles. The zero-order valence-electron chi connectivity index (χ0n) is 16.1. The third kappa shape index (κ3) is 6.37. The second-order valence-electron chi connectivity index (χ2n) is 6.82. The molecular weight excluding hydrogens is 446 g/mol. The van der Waals surface area contributed by atoms with Crippen LogP contribution in [0.1, 0.15) is 11.5 Å². The minimum absolute atomic E-state index is 0.0303. The molecule has 2 aromatic rings. The first-order valence-corrected chi connectivity index (χ1v) is 11.0. The summed E-state index contributed by atoms with van der Waals surface area (Å²) in [6.45, 7) is 1.43. The van der Waals surface area contributed by atoms with Gasteiger partial charge >= 0.3 is 18.1 Å². The van der Waals surface area contributed by atoms with Crippen LogP contribution in [0.2, 0.25) is 0 Å². The highest BCUT2D eigenvalue weighted by molar-refractivity contribution is 7.91. The van der Waals surface area contributed by atoms with Gasteiger partial charge in [0.2, 0.25) is 5.89 Å². The fourth-order valence-electron chi connectivity index (χ4n) is 2.82. The molecule has 0 radical (unpaired) electrons. The lowest BCUT2D eigenvalue weighted by atomic mass is 10.1. The smallest absolute Gasteiger partial charge is 0.413 e. The quantitative estimate of drug-likeness (QED) is 0.620. The van der Waals surface area contributed by atoms with Crippen molar-refractivity contribution in [3.63, 3.8) is 0 Å². The van der Waals surface area contributed by atoms with Crippen molar-refractivity contribution in [2.45, 2.75) is 12.7 Å². The summed E-state index contributed by atoms with van der Waals surface area (Å²) >= 11 is 0. The van der Waals surface area contributed by atoms with E-state index in [1.54, 1.807) is 0 Å². The summed E-state index contributed by atoms with van der Waals surface area (Å²) in [7, 11) is -2.97. The van der Waals surface area contributed by atoms with E-state index in [4.69, 9.17) is 0 Å². The SMILES string of the molecule is O=C(NCCN1CCS(=O)(=O)CC1)NCc1ccc(-c2nnc(C(F)(F)F)o2)cc1F. The molecule has 14 heteroatoms. The fraction of sp³-hybridized carbons (Fsp3) is 0.471. The molecule has 0 atom stereocenters. The fourth-order valence-corrected chi connectivity index (χ4v) is 4.09. The van der Waals surface area contributed by atoms with Crippen molar-refractivity contribution in [1.29, 1.82) is 0 Å². The molecular formula is C17H19F4N5O4S. The van der Waals surface area contributed by atoms with Crippen LogP contribution in [0.4, 0.5) is 22.4 Å². The Morgan fingerprint density at radius 1 is 1.16 bits per heavy atom. The van der Waals surface area contributed by atoms with Gasteiger partial charge in [0.05, 0.1) is 11.5 Å². The third-order valence-corrected chi connectivity index (χ3v) is 6.17. The third-order valence-electron chi connectivity index (χ3n) is 4.56. The predicted molar refractivity (Wildman–Crippen MR) is 100 cm³/mol. The molecule has 1 aliphatic heterocycles. The van der Waals surface area contributed by atoms with Crippen molar-refractivity contribution >= 4 is 15.9 Å². The lowest BCUT2D eigenvalue weighted by Gasteiger charge is -2.26. The van der Waals surface area contributed by atoms with Gasteiger partial charge in [0.15, 0.2) is 9.84 Å². The van der Waals surface area contributed by atoms with Gasteiger partial charge in [0, 0.05) is 43.9 Å². The summed E-state index contributed by atoms with van der Waals surface area (Å²) in [4.78, 5) is 13.8. The minimum atomic E-state index is -4.80. The largest absolute Gasteiger partial charge is 0.470 e. The van der Waals surface area contributed by atoms with Crippen LogP contribution in [0, 0.1) is 5.82 Å². The molecule has 0 unspecified atom stereocenters. The monoisotopic (exact) mass is 465 g/mol. The topological polar surface area (TPSA) is 117 Å². The average Bonchev–Trinajstić information content (AvgIpc) is 3.19. The van der Waals surface area contributed by atoms with E-state index in [1.165, 1.54) is 12.1 Å². The number of halogens is 4. The number of nitrogens with zero attached hydrogens (tertiary/aromatic N) is 3. The number of nitrogens with one attached hydrogen (secondary N) is 2. The van der Waals surface area contributed by atoms with Crippen LogP contribution in [0.15, 0.2) is 22.6 Å². The number of urea groups is 1. The summed E-state index contributed by atoms with van der Waals surface area (Å²) in [5, 5.41) is 11.2. The molecule has 9 nitrogen and oxygen atoms in total. The van der Waals surface area contributed by atoms with E-state index in [0.717, 1.165) is 6.07 Å². The summed E-state index contributed by atoms with van der Waals surface area (Å²) in [6, 6.07) is 2.99. The molecule has 3 rings (SSSR count). The molecule has 2 amide bonds. The maximum atomic E-state index is 14.2. The number of rotatable bonds is 6. The molecule has 0 saturated carbocycles. The summed E-state index contributed by atoms with van der Waals surface area (Å²) in [6.07, 6.45) is -4.80. The number of sulfone groups is 1. The normalized spacial score (nSPS) is 16.8. The van der Waals surface area contributed by atoms with Crippen molar-refractivity contribution in [2.24, 2.45) is 0 Å². The average molecular weight is 465 g/mol. The first-order chi connectivity index (χ1) is 14.5. The van der Waals surface area contributed by atoms with E-state index in [1.807, 2.05) is 4.90 Å². The van der Waals surface area contributed by atoms with Crippen LogP contribution >= 0.6 is 0 Å². The van der Waals surface area contributed by atoms with Gasteiger partial charge in [0.25, 0.3) is 0 Å². The maximum absolute atomic E-state index is 14.2. The number of carbonyl (C=O) groups excluding carboxylic acids is 1. The van der Waals surface area contributed by atoms with Gasteiger partial charge in [-0.25, -0.2) is 17.6 Å². The second-order valence-corrected chi connectivity index (χ2v) is 9.12. The van der Waals surface area contributed by atoms with Crippen LogP contribution in [0.3, 0.4) is 0 Å². The molecule has 1 fully saturated rings. The van der Waals surface area contributed by atoms with Crippen LogP contribution in [0.25, 0.3) is 11.5 Å². The highest BCUT2D eigenvalue weighted by Gasteiger charge is 2.38. The van der Waals surface area contributed by atoms with Gasteiger partial charge in [-0.1, -0.05) is 6.07 Å². The Morgan fingerprint density at radius 2 is 1.87 bits per heavy atom. The van der Waals surface area contributed by atoms with E-state index in [2.05, 4.69) is 25.2 Å². The van der Waals surface area contributed by atoms with Gasteiger partial charge < -0.3 is 15.1 Å². The van der Waals surface area contributed by atoms with Crippen LogP contribution in [-0.2, 0) is 22.6 Å². The highest BCUT2D eigenvalue weighted by atomic mass is 32.2. The summed E-state index contributed by atoms with van der Waals surface area (Å²) in [5.74, 6) is -2.59. The Balaban J connectivity index is 1.46. The van der Waals surface area contributed by atoms with Gasteiger partial charge in [-0.3, -0.25) is 4.90 Å². The van der Waals surface area contributed by atoms with Crippen molar-refractivity contribution in [3.8, 4) is 11.5 Å². The number of aromatic nitrogens is 2. The molecule has 1 aromatic carbocycles. The number of carbonyl (C=O) groups is 1. The summed E-state index contributed by atoms with van der Waals surface area (Å²) < 4.78 is 79.0. The number of hydrogen-bond acceptors (Lipinski definition) is 7. The Morgan fingerprint density at radius 3 is 2.48 bits per heavy atom. The molecule has 2 heterocycles. The molecule has 0 spiro atoms. The first kappa shape index (κ1) is 22.9. The van der Waals surface area contributed by atoms with Gasteiger partial charge in [-0.15, -0.1) is 10.2 Å². The summed E-state index contributed by atoms with van der Waals surface area (Å²) in [5.41, 5.74) is 0.0768. The molecule has 2 N–H and O–H groups in total. The maximum Gasteiger partial charge on any atom is 0.470 e. The lowest BCUT2D eigenvalue weighted by Crippen LogP contribution is -2.45. The van der Waals surface area contributed by atoms with Gasteiger partial charge in [-0.2, -0.15) is 13.2 Å².